The molecule has 22 heavy (non-hydrogen) atoms. The topological polar surface area (TPSA) is 42.4 Å². The van der Waals surface area contributed by atoms with Crippen LogP contribution in [0, 0.1) is 12.7 Å². The molecule has 1 aromatic heterocycles. The maximum atomic E-state index is 13.3. The van der Waals surface area contributed by atoms with E-state index in [1.54, 1.807) is 32.0 Å². The maximum absolute atomic E-state index is 13.3. The molecule has 0 radical (unpaired) electrons. The lowest BCUT2D eigenvalue weighted by Gasteiger charge is -2.16. The quantitative estimate of drug-likeness (QED) is 0.845. The summed E-state index contributed by atoms with van der Waals surface area (Å²) < 4.78 is 18.5. The minimum Gasteiger partial charge on any atom is -0.375 e. The molecule has 0 aliphatic heterocycles. The van der Waals surface area contributed by atoms with Crippen LogP contribution in [0.4, 0.5) is 4.39 Å². The fourth-order valence-corrected chi connectivity index (χ4v) is 2.84. The van der Waals surface area contributed by atoms with Gasteiger partial charge in [0.05, 0.1) is 12.2 Å². The molecule has 4 nitrogen and oxygen atoms in total. The van der Waals surface area contributed by atoms with E-state index < -0.39 is 0 Å². The zero-order valence-corrected chi connectivity index (χ0v) is 13.9. The minimum absolute atomic E-state index is 0.0560. The Kier molecular flexibility index (Phi) is 5.26. The molecule has 118 valence electrons. The van der Waals surface area contributed by atoms with E-state index in [-0.39, 0.29) is 17.8 Å². The highest BCUT2D eigenvalue weighted by Gasteiger charge is 2.16. The van der Waals surface area contributed by atoms with Crippen LogP contribution in [-0.4, -0.2) is 29.9 Å². The van der Waals surface area contributed by atoms with Crippen molar-refractivity contribution in [3.05, 3.63) is 51.2 Å². The van der Waals surface area contributed by atoms with E-state index in [0.29, 0.717) is 17.7 Å². The second-order valence-corrected chi connectivity index (χ2v) is 6.07. The number of methoxy groups -OCH3 is 1. The number of aryl methyl sites for hydroxylation is 1. The molecule has 0 unspecified atom stereocenters. The van der Waals surface area contributed by atoms with Crippen molar-refractivity contribution in [2.45, 2.75) is 26.5 Å². The van der Waals surface area contributed by atoms with Gasteiger partial charge in [0.15, 0.2) is 0 Å². The fraction of sp³-hybridized carbons (Fsp3) is 0.375. The summed E-state index contributed by atoms with van der Waals surface area (Å²) in [7, 11) is 3.35. The largest absolute Gasteiger partial charge is 0.375 e. The smallest absolute Gasteiger partial charge is 0.253 e. The third kappa shape index (κ3) is 3.69. The van der Waals surface area contributed by atoms with E-state index >= 15 is 0 Å². The number of ether oxygens (including phenoxy) is 1. The van der Waals surface area contributed by atoms with Gasteiger partial charge in [-0.15, -0.1) is 11.3 Å². The Labute approximate surface area is 133 Å². The summed E-state index contributed by atoms with van der Waals surface area (Å²) in [6.45, 7) is 3.98. The van der Waals surface area contributed by atoms with Crippen LogP contribution in [0.2, 0.25) is 0 Å². The van der Waals surface area contributed by atoms with E-state index in [0.717, 1.165) is 10.7 Å². The number of hydrogen-bond acceptors (Lipinski definition) is 4. The van der Waals surface area contributed by atoms with Crippen LogP contribution in [0.25, 0.3) is 0 Å². The molecule has 2 rings (SSSR count). The normalized spacial score (nSPS) is 12.2. The van der Waals surface area contributed by atoms with Crippen LogP contribution in [0.5, 0.6) is 0 Å². The molecule has 1 amide bonds. The van der Waals surface area contributed by atoms with Gasteiger partial charge in [-0.25, -0.2) is 9.37 Å². The van der Waals surface area contributed by atoms with E-state index in [1.165, 1.54) is 23.5 Å². The van der Waals surface area contributed by atoms with Crippen LogP contribution in [0.15, 0.2) is 23.6 Å². The van der Waals surface area contributed by atoms with Gasteiger partial charge in [-0.1, -0.05) is 0 Å². The highest BCUT2D eigenvalue weighted by atomic mass is 32.1. The first-order valence-electron chi connectivity index (χ1n) is 6.91. The summed E-state index contributed by atoms with van der Waals surface area (Å²) in [5.41, 5.74) is 1.75. The SMILES string of the molecule is CO[C@@H](C)c1nc(CN(C)C(=O)c2ccc(F)c(C)c2)cs1. The summed E-state index contributed by atoms with van der Waals surface area (Å²) in [5.74, 6) is -0.464. The van der Waals surface area contributed by atoms with E-state index in [1.807, 2.05) is 12.3 Å². The highest BCUT2D eigenvalue weighted by Crippen LogP contribution is 2.21. The van der Waals surface area contributed by atoms with E-state index in [9.17, 15) is 9.18 Å². The number of carbonyl (C=O) groups is 1. The van der Waals surface area contributed by atoms with Gasteiger partial charge in [-0.05, 0) is 37.6 Å². The lowest BCUT2D eigenvalue weighted by molar-refractivity contribution is 0.0783. The van der Waals surface area contributed by atoms with Crippen molar-refractivity contribution in [1.82, 2.24) is 9.88 Å². The number of benzene rings is 1. The Morgan fingerprint density at radius 1 is 1.50 bits per heavy atom. The first-order chi connectivity index (χ1) is 10.4. The summed E-state index contributed by atoms with van der Waals surface area (Å²) in [4.78, 5) is 18.4. The lowest BCUT2D eigenvalue weighted by Crippen LogP contribution is -2.26. The zero-order chi connectivity index (χ0) is 16.3. The van der Waals surface area contributed by atoms with Crippen molar-refractivity contribution in [2.75, 3.05) is 14.2 Å². The first-order valence-corrected chi connectivity index (χ1v) is 7.79. The molecule has 6 heteroatoms. The van der Waals surface area contributed by atoms with Crippen molar-refractivity contribution in [3.63, 3.8) is 0 Å². The summed E-state index contributed by atoms with van der Waals surface area (Å²) in [5, 5.41) is 2.81. The van der Waals surface area contributed by atoms with Gasteiger partial charge in [0.2, 0.25) is 0 Å². The van der Waals surface area contributed by atoms with Gasteiger partial charge in [0.1, 0.15) is 16.9 Å². The van der Waals surface area contributed by atoms with Crippen molar-refractivity contribution in [3.8, 4) is 0 Å². The molecule has 0 saturated heterocycles. The van der Waals surface area contributed by atoms with Crippen LogP contribution >= 0.6 is 11.3 Å². The van der Waals surface area contributed by atoms with Gasteiger partial charge in [0, 0.05) is 25.1 Å². The predicted octanol–water partition coefficient (Wildman–Crippen LogP) is 3.57. The molecule has 0 fully saturated rings. The van der Waals surface area contributed by atoms with Crippen molar-refractivity contribution in [1.29, 1.82) is 0 Å². The minimum atomic E-state index is -0.308. The number of hydrogen-bond donors (Lipinski definition) is 0. The van der Waals surface area contributed by atoms with Crippen LogP contribution < -0.4 is 0 Å². The van der Waals surface area contributed by atoms with Crippen LogP contribution in [0.1, 0.15) is 39.7 Å². The average molecular weight is 322 g/mol. The molecule has 0 bridgehead atoms. The Balaban J connectivity index is 2.07. The monoisotopic (exact) mass is 322 g/mol. The van der Waals surface area contributed by atoms with Crippen LogP contribution in [0.3, 0.4) is 0 Å². The van der Waals surface area contributed by atoms with Gasteiger partial charge in [-0.2, -0.15) is 0 Å². The summed E-state index contributed by atoms with van der Waals surface area (Å²) in [6.07, 6.45) is -0.0560. The molecular formula is C16H19FN2O2S. The maximum Gasteiger partial charge on any atom is 0.253 e. The van der Waals surface area contributed by atoms with E-state index in [2.05, 4.69) is 4.98 Å². The molecule has 1 heterocycles. The lowest BCUT2D eigenvalue weighted by atomic mass is 10.1. The van der Waals surface area contributed by atoms with E-state index in [4.69, 9.17) is 4.74 Å². The third-order valence-corrected chi connectivity index (χ3v) is 4.48. The first kappa shape index (κ1) is 16.6. The Hall–Kier alpha value is -1.79. The van der Waals surface area contributed by atoms with Crippen molar-refractivity contribution < 1.29 is 13.9 Å². The highest BCUT2D eigenvalue weighted by molar-refractivity contribution is 7.09. The number of rotatable bonds is 5. The standard InChI is InChI=1S/C16H19FN2O2S/c1-10-7-12(5-6-14(10)17)16(20)19(3)8-13-9-22-15(18-13)11(2)21-4/h5-7,9,11H,8H2,1-4H3/t11-/m0/s1. The average Bonchev–Trinajstić information content (AvgIpc) is 2.96. The van der Waals surface area contributed by atoms with Crippen LogP contribution in [-0.2, 0) is 11.3 Å². The van der Waals surface area contributed by atoms with Gasteiger partial charge in [0.25, 0.3) is 5.91 Å². The zero-order valence-electron chi connectivity index (χ0n) is 13.1. The molecule has 1 aromatic carbocycles. The Morgan fingerprint density at radius 3 is 2.86 bits per heavy atom. The fourth-order valence-electron chi connectivity index (χ4n) is 2.00. The summed E-state index contributed by atoms with van der Waals surface area (Å²) in [6, 6.07) is 4.38. The molecule has 0 spiro atoms. The van der Waals surface area contributed by atoms with Crippen molar-refractivity contribution >= 4 is 17.2 Å². The predicted molar refractivity (Wildman–Crippen MR) is 84.5 cm³/mol. The second kappa shape index (κ2) is 6.98. The van der Waals surface area contributed by atoms with Gasteiger partial charge in [-0.3, -0.25) is 4.79 Å². The number of thiazole rings is 1. The molecular weight excluding hydrogens is 303 g/mol. The number of aromatic nitrogens is 1. The number of halogens is 1. The molecule has 1 atom stereocenters. The molecule has 0 N–H and O–H groups in total. The number of carbonyl (C=O) groups excluding carboxylic acids is 1. The molecule has 0 aliphatic rings. The molecule has 2 aromatic rings. The number of amides is 1. The Bertz CT molecular complexity index is 672. The van der Waals surface area contributed by atoms with Gasteiger partial charge < -0.3 is 9.64 Å². The Morgan fingerprint density at radius 2 is 2.23 bits per heavy atom. The number of nitrogens with zero attached hydrogens (tertiary/aromatic N) is 2. The van der Waals surface area contributed by atoms with Gasteiger partial charge >= 0.3 is 0 Å². The summed E-state index contributed by atoms with van der Waals surface area (Å²) >= 11 is 1.51. The van der Waals surface area contributed by atoms with Crippen molar-refractivity contribution in [2.24, 2.45) is 0 Å². The molecule has 0 aliphatic carbocycles. The molecule has 0 saturated carbocycles. The second-order valence-electron chi connectivity index (χ2n) is 5.18. The third-order valence-electron chi connectivity index (χ3n) is 3.42.